The Bertz CT molecular complexity index is 520. The van der Waals surface area contributed by atoms with E-state index < -0.39 is 0 Å². The van der Waals surface area contributed by atoms with Gasteiger partial charge in [0.05, 0.1) is 6.54 Å². The van der Waals surface area contributed by atoms with E-state index in [1.54, 1.807) is 12.4 Å². The van der Waals surface area contributed by atoms with Crippen LogP contribution in [0.25, 0.3) is 0 Å². The normalized spacial score (nSPS) is 16.8. The maximum Gasteiger partial charge on any atom is 0.240 e. The molecule has 3 rings (SSSR count). The second-order valence-corrected chi connectivity index (χ2v) is 4.55. The maximum atomic E-state index is 5.14. The molecular weight excluding hydrogens is 244 g/mol. The Kier molecular flexibility index (Phi) is 3.37. The number of nitrogens with zero attached hydrogens (tertiary/aromatic N) is 6. The van der Waals surface area contributed by atoms with Gasteiger partial charge in [0.25, 0.3) is 0 Å². The first kappa shape index (κ1) is 12.0. The third kappa shape index (κ3) is 2.87. The lowest BCUT2D eigenvalue weighted by Crippen LogP contribution is -2.46. The van der Waals surface area contributed by atoms with Crippen molar-refractivity contribution >= 4 is 5.95 Å². The minimum absolute atomic E-state index is 0.682. The zero-order chi connectivity index (χ0) is 13.1. The van der Waals surface area contributed by atoms with Crippen molar-refractivity contribution in [2.24, 2.45) is 0 Å². The van der Waals surface area contributed by atoms with Crippen molar-refractivity contribution in [2.45, 2.75) is 13.5 Å². The summed E-state index contributed by atoms with van der Waals surface area (Å²) in [6.45, 7) is 6.26. The second-order valence-electron chi connectivity index (χ2n) is 4.55. The third-order valence-corrected chi connectivity index (χ3v) is 3.14. The molecule has 1 aliphatic rings. The molecule has 0 N–H and O–H groups in total. The van der Waals surface area contributed by atoms with Crippen LogP contribution >= 0.6 is 0 Å². The summed E-state index contributed by atoms with van der Waals surface area (Å²) < 4.78 is 5.14. The lowest BCUT2D eigenvalue weighted by Gasteiger charge is -2.33. The van der Waals surface area contributed by atoms with Crippen LogP contribution in [0.1, 0.15) is 11.7 Å². The van der Waals surface area contributed by atoms with Gasteiger partial charge in [-0.3, -0.25) is 4.90 Å². The summed E-state index contributed by atoms with van der Waals surface area (Å²) in [5.41, 5.74) is 0. The quantitative estimate of drug-likeness (QED) is 0.795. The average Bonchev–Trinajstić information content (AvgIpc) is 2.86. The number of hydrogen-bond donors (Lipinski definition) is 0. The van der Waals surface area contributed by atoms with Crippen LogP contribution in [0.15, 0.2) is 23.0 Å². The average molecular weight is 260 g/mol. The predicted molar refractivity (Wildman–Crippen MR) is 68.6 cm³/mol. The van der Waals surface area contributed by atoms with Crippen LogP contribution in [-0.4, -0.2) is 51.2 Å². The number of aromatic nitrogens is 4. The second kappa shape index (κ2) is 5.31. The van der Waals surface area contributed by atoms with Crippen LogP contribution in [0.3, 0.4) is 0 Å². The van der Waals surface area contributed by atoms with Gasteiger partial charge in [0.15, 0.2) is 5.82 Å². The van der Waals surface area contributed by atoms with E-state index in [-0.39, 0.29) is 0 Å². The Morgan fingerprint density at radius 1 is 1.16 bits per heavy atom. The Hall–Kier alpha value is -2.02. The molecule has 3 heterocycles. The van der Waals surface area contributed by atoms with Gasteiger partial charge in [-0.05, 0) is 13.0 Å². The summed E-state index contributed by atoms with van der Waals surface area (Å²) in [7, 11) is 0. The Labute approximate surface area is 111 Å². The molecule has 0 aliphatic carbocycles. The van der Waals surface area contributed by atoms with Gasteiger partial charge < -0.3 is 9.42 Å². The zero-order valence-electron chi connectivity index (χ0n) is 10.9. The monoisotopic (exact) mass is 260 g/mol. The lowest BCUT2D eigenvalue weighted by atomic mass is 10.3. The Morgan fingerprint density at radius 2 is 1.89 bits per heavy atom. The predicted octanol–water partition coefficient (Wildman–Crippen LogP) is 0.490. The van der Waals surface area contributed by atoms with E-state index in [0.29, 0.717) is 18.3 Å². The molecule has 0 aromatic carbocycles. The van der Waals surface area contributed by atoms with Crippen LogP contribution in [0.5, 0.6) is 0 Å². The summed E-state index contributed by atoms with van der Waals surface area (Å²) in [5.74, 6) is 2.17. The molecule has 1 fully saturated rings. The molecule has 0 unspecified atom stereocenters. The standard InChI is InChI=1S/C12H16N6O/c1-10-15-11(19-16-10)9-17-5-7-18(8-6-17)12-13-3-2-4-14-12/h2-4H,5-9H2,1H3. The fraction of sp³-hybridized carbons (Fsp3) is 0.500. The smallest absolute Gasteiger partial charge is 0.240 e. The molecule has 0 amide bonds. The molecule has 7 nitrogen and oxygen atoms in total. The molecule has 0 bridgehead atoms. The SMILES string of the molecule is Cc1noc(CN2CCN(c3ncccn3)CC2)n1. The van der Waals surface area contributed by atoms with Gasteiger partial charge in [-0.1, -0.05) is 5.16 Å². The summed E-state index contributed by atoms with van der Waals surface area (Å²) >= 11 is 0. The highest BCUT2D eigenvalue weighted by atomic mass is 16.5. The minimum Gasteiger partial charge on any atom is -0.338 e. The van der Waals surface area contributed by atoms with E-state index in [1.807, 2.05) is 13.0 Å². The Balaban J connectivity index is 1.55. The van der Waals surface area contributed by atoms with Crippen LogP contribution in [0, 0.1) is 6.92 Å². The van der Waals surface area contributed by atoms with E-state index in [4.69, 9.17) is 4.52 Å². The number of aryl methyl sites for hydroxylation is 1. The van der Waals surface area contributed by atoms with Crippen molar-refractivity contribution < 1.29 is 4.52 Å². The van der Waals surface area contributed by atoms with Crippen molar-refractivity contribution in [3.05, 3.63) is 30.2 Å². The van der Waals surface area contributed by atoms with Crippen molar-refractivity contribution in [2.75, 3.05) is 31.1 Å². The number of rotatable bonds is 3. The highest BCUT2D eigenvalue weighted by Gasteiger charge is 2.20. The molecule has 100 valence electrons. The third-order valence-electron chi connectivity index (χ3n) is 3.14. The summed E-state index contributed by atoms with van der Waals surface area (Å²) in [5, 5.41) is 3.80. The highest BCUT2D eigenvalue weighted by molar-refractivity contribution is 5.29. The fourth-order valence-corrected chi connectivity index (χ4v) is 2.16. The largest absolute Gasteiger partial charge is 0.338 e. The van der Waals surface area contributed by atoms with Gasteiger partial charge in [-0.25, -0.2) is 9.97 Å². The van der Waals surface area contributed by atoms with Gasteiger partial charge in [-0.2, -0.15) is 4.98 Å². The highest BCUT2D eigenvalue weighted by Crippen LogP contribution is 2.11. The molecule has 7 heteroatoms. The number of anilines is 1. The number of piperazine rings is 1. The van der Waals surface area contributed by atoms with Crippen LogP contribution in [-0.2, 0) is 6.54 Å². The Morgan fingerprint density at radius 3 is 2.53 bits per heavy atom. The lowest BCUT2D eigenvalue weighted by molar-refractivity contribution is 0.214. The van der Waals surface area contributed by atoms with E-state index in [2.05, 4.69) is 29.9 Å². The molecule has 2 aromatic heterocycles. The van der Waals surface area contributed by atoms with Crippen molar-refractivity contribution in [3.63, 3.8) is 0 Å². The van der Waals surface area contributed by atoms with E-state index in [9.17, 15) is 0 Å². The molecule has 19 heavy (non-hydrogen) atoms. The van der Waals surface area contributed by atoms with Gasteiger partial charge in [-0.15, -0.1) is 0 Å². The van der Waals surface area contributed by atoms with E-state index >= 15 is 0 Å². The van der Waals surface area contributed by atoms with Gasteiger partial charge in [0.1, 0.15) is 0 Å². The van der Waals surface area contributed by atoms with Gasteiger partial charge >= 0.3 is 0 Å². The molecule has 0 atom stereocenters. The maximum absolute atomic E-state index is 5.14. The summed E-state index contributed by atoms with van der Waals surface area (Å²) in [4.78, 5) is 17.3. The van der Waals surface area contributed by atoms with E-state index in [0.717, 1.165) is 32.1 Å². The topological polar surface area (TPSA) is 71.2 Å². The molecular formula is C12H16N6O. The molecule has 0 spiro atoms. The summed E-state index contributed by atoms with van der Waals surface area (Å²) in [6, 6.07) is 1.83. The number of hydrogen-bond acceptors (Lipinski definition) is 7. The van der Waals surface area contributed by atoms with Crippen LogP contribution < -0.4 is 4.90 Å². The first-order valence-corrected chi connectivity index (χ1v) is 6.35. The van der Waals surface area contributed by atoms with Crippen LogP contribution in [0.2, 0.25) is 0 Å². The first-order valence-electron chi connectivity index (χ1n) is 6.35. The van der Waals surface area contributed by atoms with E-state index in [1.165, 1.54) is 0 Å². The molecule has 2 aromatic rings. The first-order chi connectivity index (χ1) is 9.31. The molecule has 1 saturated heterocycles. The molecule has 0 radical (unpaired) electrons. The minimum atomic E-state index is 0.682. The molecule has 1 aliphatic heterocycles. The zero-order valence-corrected chi connectivity index (χ0v) is 10.9. The van der Waals surface area contributed by atoms with Crippen molar-refractivity contribution in [1.82, 2.24) is 25.0 Å². The fourth-order valence-electron chi connectivity index (χ4n) is 2.16. The van der Waals surface area contributed by atoms with Crippen molar-refractivity contribution in [1.29, 1.82) is 0 Å². The molecule has 0 saturated carbocycles. The van der Waals surface area contributed by atoms with Crippen molar-refractivity contribution in [3.8, 4) is 0 Å². The van der Waals surface area contributed by atoms with Crippen LogP contribution in [0.4, 0.5) is 5.95 Å². The van der Waals surface area contributed by atoms with Gasteiger partial charge in [0, 0.05) is 38.6 Å². The van der Waals surface area contributed by atoms with Gasteiger partial charge in [0.2, 0.25) is 11.8 Å². The summed E-state index contributed by atoms with van der Waals surface area (Å²) in [6.07, 6.45) is 3.55.